The monoisotopic (exact) mass is 221 g/mol. The topological polar surface area (TPSA) is 21.6 Å². The Morgan fingerprint density at radius 2 is 1.93 bits per heavy atom. The van der Waals surface area contributed by atoms with Crippen LogP contribution in [0.1, 0.15) is 19.4 Å². The van der Waals surface area contributed by atoms with Gasteiger partial charge < -0.3 is 4.74 Å². The summed E-state index contributed by atoms with van der Waals surface area (Å²) in [4.78, 5) is 5.67. The lowest BCUT2D eigenvalue weighted by atomic mass is 10.1. The first-order chi connectivity index (χ1) is 7.05. The second-order valence-corrected chi connectivity index (χ2v) is 5.42. The zero-order valence-corrected chi connectivity index (χ0v) is 10.1. The predicted octanol–water partition coefficient (Wildman–Crippen LogP) is 3.25. The normalized spacial score (nSPS) is 18.5. The minimum absolute atomic E-state index is 0.0625. The zero-order chi connectivity index (χ0) is 10.9. The van der Waals surface area contributed by atoms with Gasteiger partial charge in [0, 0.05) is 4.90 Å². The number of benzene rings is 1. The van der Waals surface area contributed by atoms with Gasteiger partial charge in [-0.25, -0.2) is 4.99 Å². The van der Waals surface area contributed by atoms with Crippen LogP contribution in [0.15, 0.2) is 34.2 Å². The molecule has 0 saturated carbocycles. The molecule has 0 fully saturated rings. The smallest absolute Gasteiger partial charge is 0.251 e. The van der Waals surface area contributed by atoms with Crippen LogP contribution in [0.5, 0.6) is 0 Å². The zero-order valence-electron chi connectivity index (χ0n) is 9.28. The van der Waals surface area contributed by atoms with E-state index in [0.29, 0.717) is 6.61 Å². The summed E-state index contributed by atoms with van der Waals surface area (Å²) in [5.41, 5.74) is 1.21. The lowest BCUT2D eigenvalue weighted by molar-refractivity contribution is 0.284. The van der Waals surface area contributed by atoms with E-state index in [0.717, 1.165) is 5.23 Å². The Labute approximate surface area is 94.7 Å². The van der Waals surface area contributed by atoms with Crippen LogP contribution in [0.4, 0.5) is 0 Å². The first kappa shape index (κ1) is 10.6. The maximum absolute atomic E-state index is 5.52. The molecule has 2 nitrogen and oxygen atoms in total. The molecule has 0 aliphatic carbocycles. The Bertz CT molecular complexity index is 381. The molecule has 80 valence electrons. The molecule has 0 aromatic heterocycles. The predicted molar refractivity (Wildman–Crippen MR) is 64.5 cm³/mol. The van der Waals surface area contributed by atoms with Crippen molar-refractivity contribution in [3.8, 4) is 0 Å². The minimum Gasteiger partial charge on any atom is -0.470 e. The molecule has 1 heterocycles. The van der Waals surface area contributed by atoms with Crippen LogP contribution in [-0.4, -0.2) is 17.4 Å². The van der Waals surface area contributed by atoms with Gasteiger partial charge in [0.1, 0.15) is 6.61 Å². The fraction of sp³-hybridized carbons (Fsp3) is 0.417. The van der Waals surface area contributed by atoms with Crippen molar-refractivity contribution in [3.63, 3.8) is 0 Å². The van der Waals surface area contributed by atoms with Crippen molar-refractivity contribution in [2.24, 2.45) is 4.99 Å². The molecule has 0 bridgehead atoms. The summed E-state index contributed by atoms with van der Waals surface area (Å²) in [5, 5.41) is 0.781. The van der Waals surface area contributed by atoms with Crippen molar-refractivity contribution in [3.05, 3.63) is 29.8 Å². The summed E-state index contributed by atoms with van der Waals surface area (Å²) >= 11 is 1.59. The molecular formula is C12H15NOS. The SMILES string of the molecule is Cc1ccc(SC2=NC(C)(C)CO2)cc1. The largest absolute Gasteiger partial charge is 0.470 e. The van der Waals surface area contributed by atoms with Gasteiger partial charge in [0.2, 0.25) is 0 Å². The van der Waals surface area contributed by atoms with Gasteiger partial charge in [0.15, 0.2) is 0 Å². The molecule has 1 aliphatic rings. The van der Waals surface area contributed by atoms with E-state index < -0.39 is 0 Å². The van der Waals surface area contributed by atoms with Crippen molar-refractivity contribution in [2.75, 3.05) is 6.61 Å². The number of hydrogen-bond donors (Lipinski definition) is 0. The van der Waals surface area contributed by atoms with Crippen LogP contribution < -0.4 is 0 Å². The van der Waals surface area contributed by atoms with E-state index in [1.54, 1.807) is 11.8 Å². The third-order valence-electron chi connectivity index (χ3n) is 2.17. The standard InChI is InChI=1S/C12H15NOS/c1-9-4-6-10(7-5-9)15-11-13-12(2,3)8-14-11/h4-7H,8H2,1-3H3. The third kappa shape index (κ3) is 2.75. The van der Waals surface area contributed by atoms with Crippen molar-refractivity contribution in [2.45, 2.75) is 31.2 Å². The molecule has 0 spiro atoms. The van der Waals surface area contributed by atoms with Gasteiger partial charge in [-0.05, 0) is 44.7 Å². The van der Waals surface area contributed by atoms with Crippen LogP contribution in [0, 0.1) is 6.92 Å². The van der Waals surface area contributed by atoms with Crippen LogP contribution in [0.3, 0.4) is 0 Å². The molecule has 0 saturated heterocycles. The van der Waals surface area contributed by atoms with E-state index in [9.17, 15) is 0 Å². The molecule has 0 radical (unpaired) electrons. The van der Waals surface area contributed by atoms with Crippen molar-refractivity contribution in [1.82, 2.24) is 0 Å². The molecule has 15 heavy (non-hydrogen) atoms. The van der Waals surface area contributed by atoms with E-state index >= 15 is 0 Å². The summed E-state index contributed by atoms with van der Waals surface area (Å²) in [5.74, 6) is 0. The number of rotatable bonds is 1. The van der Waals surface area contributed by atoms with Gasteiger partial charge in [-0.2, -0.15) is 0 Å². The summed E-state index contributed by atoms with van der Waals surface area (Å²) < 4.78 is 5.52. The Morgan fingerprint density at radius 3 is 2.47 bits per heavy atom. The second-order valence-electron chi connectivity index (χ2n) is 4.39. The number of thioether (sulfide) groups is 1. The Morgan fingerprint density at radius 1 is 1.27 bits per heavy atom. The fourth-order valence-corrected chi connectivity index (χ4v) is 2.19. The highest BCUT2D eigenvalue weighted by atomic mass is 32.2. The average Bonchev–Trinajstić information content (AvgIpc) is 2.50. The van der Waals surface area contributed by atoms with E-state index in [2.05, 4.69) is 50.0 Å². The maximum Gasteiger partial charge on any atom is 0.251 e. The summed E-state index contributed by atoms with van der Waals surface area (Å²) in [7, 11) is 0. The van der Waals surface area contributed by atoms with Gasteiger partial charge in [0.25, 0.3) is 5.23 Å². The van der Waals surface area contributed by atoms with E-state index in [-0.39, 0.29) is 5.54 Å². The number of nitrogens with zero attached hydrogens (tertiary/aromatic N) is 1. The molecule has 1 aromatic rings. The summed E-state index contributed by atoms with van der Waals surface area (Å²) in [6.45, 7) is 6.92. The first-order valence-corrected chi connectivity index (χ1v) is 5.84. The molecular weight excluding hydrogens is 206 g/mol. The quantitative estimate of drug-likeness (QED) is 0.726. The van der Waals surface area contributed by atoms with Gasteiger partial charge in [-0.1, -0.05) is 17.7 Å². The Balaban J connectivity index is 2.07. The highest BCUT2D eigenvalue weighted by Gasteiger charge is 2.26. The first-order valence-electron chi connectivity index (χ1n) is 5.02. The van der Waals surface area contributed by atoms with Gasteiger partial charge in [0.05, 0.1) is 5.54 Å². The van der Waals surface area contributed by atoms with Crippen molar-refractivity contribution in [1.29, 1.82) is 0 Å². The number of aliphatic imine (C=N–C) groups is 1. The van der Waals surface area contributed by atoms with Crippen molar-refractivity contribution < 1.29 is 4.74 Å². The third-order valence-corrected chi connectivity index (χ3v) is 3.06. The summed E-state index contributed by atoms with van der Waals surface area (Å²) in [6.07, 6.45) is 0. The maximum atomic E-state index is 5.52. The van der Waals surface area contributed by atoms with Gasteiger partial charge in [-0.15, -0.1) is 0 Å². The van der Waals surface area contributed by atoms with E-state index in [1.165, 1.54) is 10.5 Å². The molecule has 0 unspecified atom stereocenters. The highest BCUT2D eigenvalue weighted by Crippen LogP contribution is 2.27. The second kappa shape index (κ2) is 3.89. The number of hydrogen-bond acceptors (Lipinski definition) is 3. The molecule has 0 amide bonds. The Hall–Kier alpha value is -0.960. The van der Waals surface area contributed by atoms with E-state index in [4.69, 9.17) is 4.74 Å². The van der Waals surface area contributed by atoms with Crippen LogP contribution in [-0.2, 0) is 4.74 Å². The van der Waals surface area contributed by atoms with Crippen LogP contribution >= 0.6 is 11.8 Å². The Kier molecular flexibility index (Phi) is 2.74. The molecule has 2 rings (SSSR count). The van der Waals surface area contributed by atoms with Crippen molar-refractivity contribution >= 4 is 17.0 Å². The molecule has 1 aliphatic heterocycles. The lowest BCUT2D eigenvalue weighted by Gasteiger charge is -2.07. The van der Waals surface area contributed by atoms with Gasteiger partial charge >= 0.3 is 0 Å². The van der Waals surface area contributed by atoms with Crippen LogP contribution in [0.25, 0.3) is 0 Å². The molecule has 3 heteroatoms. The van der Waals surface area contributed by atoms with Gasteiger partial charge in [-0.3, -0.25) is 0 Å². The fourth-order valence-electron chi connectivity index (χ4n) is 1.31. The minimum atomic E-state index is -0.0625. The van der Waals surface area contributed by atoms with E-state index in [1.807, 2.05) is 0 Å². The molecule has 0 atom stereocenters. The summed E-state index contributed by atoms with van der Waals surface area (Å²) in [6, 6.07) is 8.39. The lowest BCUT2D eigenvalue weighted by Crippen LogP contribution is -2.17. The molecule has 1 aromatic carbocycles. The average molecular weight is 221 g/mol. The number of aryl methyl sites for hydroxylation is 1. The van der Waals surface area contributed by atoms with Crippen LogP contribution in [0.2, 0.25) is 0 Å². The number of ether oxygens (including phenoxy) is 1. The molecule has 0 N–H and O–H groups in total. The highest BCUT2D eigenvalue weighted by molar-refractivity contribution is 8.13.